The molecule has 1 saturated carbocycles. The van der Waals surface area contributed by atoms with Crippen LogP contribution in [-0.4, -0.2) is 12.2 Å². The quantitative estimate of drug-likeness (QED) is 0.707. The van der Waals surface area contributed by atoms with Gasteiger partial charge in [-0.3, -0.25) is 0 Å². The minimum atomic E-state index is 0.149. The minimum absolute atomic E-state index is 0.149. The average molecular weight is 232 g/mol. The van der Waals surface area contributed by atoms with E-state index in [1.165, 1.54) is 18.4 Å². The summed E-state index contributed by atoms with van der Waals surface area (Å²) in [5.74, 6) is 1.36. The molecule has 0 aliphatic heterocycles. The van der Waals surface area contributed by atoms with Crippen molar-refractivity contribution in [3.8, 4) is 0 Å². The molecule has 94 valence electrons. The van der Waals surface area contributed by atoms with E-state index in [1.54, 1.807) is 0 Å². The summed E-state index contributed by atoms with van der Waals surface area (Å²) in [5, 5.41) is 0. The fourth-order valence-electron chi connectivity index (χ4n) is 2.54. The van der Waals surface area contributed by atoms with Crippen molar-refractivity contribution < 1.29 is 4.74 Å². The molecule has 1 fully saturated rings. The number of ether oxygens (including phenoxy) is 1. The van der Waals surface area contributed by atoms with Gasteiger partial charge in [0.15, 0.2) is 0 Å². The molecule has 0 aromatic heterocycles. The molecule has 2 rings (SSSR count). The molecule has 17 heavy (non-hydrogen) atoms. The summed E-state index contributed by atoms with van der Waals surface area (Å²) in [6.07, 6.45) is 3.50. The highest BCUT2D eigenvalue weighted by Gasteiger charge is 2.54. The maximum atomic E-state index is 6.17. The molecule has 1 aromatic carbocycles. The Morgan fingerprint density at radius 2 is 2.00 bits per heavy atom. The largest absolute Gasteiger partial charge is 0.374 e. The number of hydrogen-bond acceptors (Lipinski definition) is 1. The highest BCUT2D eigenvalue weighted by molar-refractivity contribution is 5.31. The molecule has 1 nitrogen and oxygen atoms in total. The second kappa shape index (κ2) is 5.22. The molecule has 0 heterocycles. The molecule has 1 heteroatoms. The van der Waals surface area contributed by atoms with Gasteiger partial charge in [0, 0.05) is 12.5 Å². The Morgan fingerprint density at radius 1 is 1.29 bits per heavy atom. The van der Waals surface area contributed by atoms with Gasteiger partial charge >= 0.3 is 0 Å². The summed E-state index contributed by atoms with van der Waals surface area (Å²) >= 11 is 0. The highest BCUT2D eigenvalue weighted by Crippen LogP contribution is 2.56. The summed E-state index contributed by atoms with van der Waals surface area (Å²) in [6.45, 7) is 7.67. The van der Waals surface area contributed by atoms with Crippen molar-refractivity contribution in [2.24, 2.45) is 5.92 Å². The molecule has 2 atom stereocenters. The predicted molar refractivity (Wildman–Crippen MR) is 72.2 cm³/mol. The van der Waals surface area contributed by atoms with Gasteiger partial charge in [0.1, 0.15) is 0 Å². The zero-order valence-corrected chi connectivity index (χ0v) is 11.3. The van der Waals surface area contributed by atoms with Crippen molar-refractivity contribution in [3.05, 3.63) is 35.9 Å². The smallest absolute Gasteiger partial charge is 0.0756 e. The van der Waals surface area contributed by atoms with Crippen LogP contribution < -0.4 is 0 Å². The summed E-state index contributed by atoms with van der Waals surface area (Å²) in [6, 6.07) is 10.8. The van der Waals surface area contributed by atoms with Gasteiger partial charge in [-0.25, -0.2) is 0 Å². The lowest BCUT2D eigenvalue weighted by Crippen LogP contribution is -2.17. The van der Waals surface area contributed by atoms with E-state index < -0.39 is 0 Å². The molecule has 0 bridgehead atoms. The number of benzene rings is 1. The van der Waals surface area contributed by atoms with Gasteiger partial charge in [-0.2, -0.15) is 0 Å². The Labute approximate surface area is 105 Å². The monoisotopic (exact) mass is 232 g/mol. The molecule has 0 saturated heterocycles. The summed E-state index contributed by atoms with van der Waals surface area (Å²) < 4.78 is 6.17. The Bertz CT molecular complexity index is 344. The first kappa shape index (κ1) is 12.6. The van der Waals surface area contributed by atoms with Crippen LogP contribution in [0, 0.1) is 5.92 Å². The lowest BCUT2D eigenvalue weighted by molar-refractivity contribution is 0.0195. The zero-order chi connectivity index (χ0) is 12.3. The molecule has 1 aliphatic carbocycles. The minimum Gasteiger partial charge on any atom is -0.374 e. The van der Waals surface area contributed by atoms with Gasteiger partial charge in [0.2, 0.25) is 0 Å². The third-order valence-corrected chi connectivity index (χ3v) is 3.91. The van der Waals surface area contributed by atoms with Crippen LogP contribution in [0.25, 0.3) is 0 Å². The van der Waals surface area contributed by atoms with E-state index >= 15 is 0 Å². The van der Waals surface area contributed by atoms with Gasteiger partial charge in [-0.05, 0) is 30.7 Å². The molecule has 0 amide bonds. The van der Waals surface area contributed by atoms with Crippen LogP contribution >= 0.6 is 0 Å². The van der Waals surface area contributed by atoms with E-state index in [1.807, 2.05) is 0 Å². The van der Waals surface area contributed by atoms with Crippen LogP contribution in [0.3, 0.4) is 0 Å². The van der Waals surface area contributed by atoms with Crippen LogP contribution in [0.4, 0.5) is 0 Å². The van der Waals surface area contributed by atoms with Gasteiger partial charge in [0.25, 0.3) is 0 Å². The van der Waals surface area contributed by atoms with Gasteiger partial charge < -0.3 is 4.74 Å². The summed E-state index contributed by atoms with van der Waals surface area (Å²) in [4.78, 5) is 0. The number of rotatable bonds is 6. The first-order valence-electron chi connectivity index (χ1n) is 6.87. The first-order valence-corrected chi connectivity index (χ1v) is 6.87. The molecule has 0 spiro atoms. The van der Waals surface area contributed by atoms with E-state index in [9.17, 15) is 0 Å². The van der Waals surface area contributed by atoms with E-state index in [-0.39, 0.29) is 5.60 Å². The molecular weight excluding hydrogens is 208 g/mol. The topological polar surface area (TPSA) is 9.23 Å². The molecule has 0 N–H and O–H groups in total. The van der Waals surface area contributed by atoms with Crippen LogP contribution in [0.15, 0.2) is 30.3 Å². The molecule has 0 unspecified atom stereocenters. The van der Waals surface area contributed by atoms with Crippen LogP contribution in [0.2, 0.25) is 0 Å². The van der Waals surface area contributed by atoms with Crippen molar-refractivity contribution >= 4 is 0 Å². The average Bonchev–Trinajstić information content (AvgIpc) is 3.05. The Kier molecular flexibility index (Phi) is 3.88. The standard InChI is InChI=1S/C16H24O/c1-4-16(17-11-10-13(2)3)12-15(16)14-8-6-5-7-9-14/h5-9,13,15H,4,10-12H2,1-3H3/t15-,16-/m1/s1. The van der Waals surface area contributed by atoms with Crippen LogP contribution in [-0.2, 0) is 4.74 Å². The maximum absolute atomic E-state index is 6.17. The Morgan fingerprint density at radius 3 is 2.59 bits per heavy atom. The third kappa shape index (κ3) is 2.90. The van der Waals surface area contributed by atoms with Crippen molar-refractivity contribution in [3.63, 3.8) is 0 Å². The van der Waals surface area contributed by atoms with Crippen molar-refractivity contribution in [2.45, 2.75) is 51.6 Å². The molecule has 1 aromatic rings. The highest BCUT2D eigenvalue weighted by atomic mass is 16.5. The second-order valence-corrected chi connectivity index (χ2v) is 5.62. The normalized spacial score (nSPS) is 27.4. The first-order chi connectivity index (χ1) is 8.18. The van der Waals surface area contributed by atoms with E-state index in [0.717, 1.165) is 18.9 Å². The summed E-state index contributed by atoms with van der Waals surface area (Å²) in [7, 11) is 0. The maximum Gasteiger partial charge on any atom is 0.0756 e. The van der Waals surface area contributed by atoms with Crippen LogP contribution in [0.5, 0.6) is 0 Å². The Hall–Kier alpha value is -0.820. The zero-order valence-electron chi connectivity index (χ0n) is 11.3. The molecule has 0 radical (unpaired) electrons. The predicted octanol–water partition coefficient (Wildman–Crippen LogP) is 4.39. The van der Waals surface area contributed by atoms with E-state index in [4.69, 9.17) is 4.74 Å². The van der Waals surface area contributed by atoms with E-state index in [2.05, 4.69) is 51.1 Å². The third-order valence-electron chi connectivity index (χ3n) is 3.91. The second-order valence-electron chi connectivity index (χ2n) is 5.62. The van der Waals surface area contributed by atoms with Crippen LogP contribution in [0.1, 0.15) is 51.5 Å². The lowest BCUT2D eigenvalue weighted by atomic mass is 10.1. The van der Waals surface area contributed by atoms with Crippen molar-refractivity contribution in [2.75, 3.05) is 6.61 Å². The fraction of sp³-hybridized carbons (Fsp3) is 0.625. The number of hydrogen-bond donors (Lipinski definition) is 0. The van der Waals surface area contributed by atoms with Crippen molar-refractivity contribution in [1.82, 2.24) is 0 Å². The Balaban J connectivity index is 1.91. The molecule has 1 aliphatic rings. The fourth-order valence-corrected chi connectivity index (χ4v) is 2.54. The van der Waals surface area contributed by atoms with Gasteiger partial charge in [-0.1, -0.05) is 51.1 Å². The molecular formula is C16H24O. The van der Waals surface area contributed by atoms with Crippen molar-refractivity contribution in [1.29, 1.82) is 0 Å². The van der Waals surface area contributed by atoms with E-state index in [0.29, 0.717) is 5.92 Å². The lowest BCUT2D eigenvalue weighted by Gasteiger charge is -2.17. The van der Waals surface area contributed by atoms with Gasteiger partial charge in [0.05, 0.1) is 5.60 Å². The summed E-state index contributed by atoms with van der Waals surface area (Å²) in [5.41, 5.74) is 1.59. The SMILES string of the molecule is CC[C@@]1(OCCC(C)C)C[C@@H]1c1ccccc1. The van der Waals surface area contributed by atoms with Gasteiger partial charge in [-0.15, -0.1) is 0 Å².